The largest absolute Gasteiger partial charge is 0.456 e. The molecule has 0 heterocycles. The number of carbonyl (C=O) groups excluding carboxylic acids is 3. The summed E-state index contributed by atoms with van der Waals surface area (Å²) >= 11 is 0. The Hall–Kier alpha value is -3.71. The molecule has 0 radical (unpaired) electrons. The highest BCUT2D eigenvalue weighted by molar-refractivity contribution is 5.86. The lowest BCUT2D eigenvalue weighted by molar-refractivity contribution is -0.150. The first-order valence-electron chi connectivity index (χ1n) is 12.1. The fourth-order valence-electron chi connectivity index (χ4n) is 3.72. The molecule has 0 fully saturated rings. The van der Waals surface area contributed by atoms with Gasteiger partial charge in [-0.2, -0.15) is 0 Å². The summed E-state index contributed by atoms with van der Waals surface area (Å²) in [5.41, 5.74) is 1.75. The van der Waals surface area contributed by atoms with Crippen LogP contribution in [-0.4, -0.2) is 42.1 Å². The molecule has 3 N–H and O–H groups in total. The Morgan fingerprint density at radius 2 is 1.64 bits per heavy atom. The summed E-state index contributed by atoms with van der Waals surface area (Å²) < 4.78 is 5.60. The highest BCUT2D eigenvalue weighted by Crippen LogP contribution is 2.19. The first-order valence-corrected chi connectivity index (χ1v) is 12.1. The minimum Gasteiger partial charge on any atom is -0.456 e. The zero-order valence-corrected chi connectivity index (χ0v) is 20.6. The smallest absolute Gasteiger partial charge is 0.306 e. The maximum absolute atomic E-state index is 13.0. The van der Waals surface area contributed by atoms with E-state index in [-0.39, 0.29) is 43.8 Å². The van der Waals surface area contributed by atoms with E-state index in [0.29, 0.717) is 19.3 Å². The van der Waals surface area contributed by atoms with Crippen LogP contribution >= 0.6 is 0 Å². The number of carbonyl (C=O) groups is 3. The van der Waals surface area contributed by atoms with Crippen LogP contribution in [0.15, 0.2) is 86.0 Å². The summed E-state index contributed by atoms with van der Waals surface area (Å²) in [6.45, 7) is 7.18. The predicted molar refractivity (Wildman–Crippen MR) is 140 cm³/mol. The zero-order valence-electron chi connectivity index (χ0n) is 20.6. The summed E-state index contributed by atoms with van der Waals surface area (Å²) in [5.74, 6) is -1.70. The summed E-state index contributed by atoms with van der Waals surface area (Å²) in [7, 11) is 0. The number of amides is 2. The molecular formula is C29H36N2O5. The van der Waals surface area contributed by atoms with E-state index in [1.165, 1.54) is 0 Å². The van der Waals surface area contributed by atoms with Crippen molar-refractivity contribution in [3.05, 3.63) is 97.1 Å². The van der Waals surface area contributed by atoms with Crippen molar-refractivity contribution in [2.24, 2.45) is 5.92 Å². The van der Waals surface area contributed by atoms with Crippen molar-refractivity contribution in [3.8, 4) is 0 Å². The van der Waals surface area contributed by atoms with E-state index in [9.17, 15) is 19.5 Å². The van der Waals surface area contributed by atoms with E-state index in [2.05, 4.69) is 23.8 Å². The van der Waals surface area contributed by atoms with Crippen molar-refractivity contribution in [3.63, 3.8) is 0 Å². The van der Waals surface area contributed by atoms with Gasteiger partial charge in [-0.15, -0.1) is 13.2 Å². The third kappa shape index (κ3) is 10.3. The third-order valence-electron chi connectivity index (χ3n) is 5.62. The van der Waals surface area contributed by atoms with E-state index in [4.69, 9.17) is 4.74 Å². The minimum atomic E-state index is -0.657. The molecule has 0 unspecified atom stereocenters. The molecular weight excluding hydrogens is 456 g/mol. The molecule has 7 nitrogen and oxygen atoms in total. The monoisotopic (exact) mass is 492 g/mol. The van der Waals surface area contributed by atoms with Gasteiger partial charge in [0, 0.05) is 12.8 Å². The molecule has 2 amide bonds. The van der Waals surface area contributed by atoms with Crippen LogP contribution in [0.2, 0.25) is 0 Å². The molecule has 0 aliphatic carbocycles. The van der Waals surface area contributed by atoms with Gasteiger partial charge >= 0.3 is 5.97 Å². The van der Waals surface area contributed by atoms with Crippen LogP contribution in [0.4, 0.5) is 0 Å². The van der Waals surface area contributed by atoms with Crippen molar-refractivity contribution < 1.29 is 24.2 Å². The maximum atomic E-state index is 13.0. The minimum absolute atomic E-state index is 0.0573. The Kier molecular flexibility index (Phi) is 12.7. The van der Waals surface area contributed by atoms with Crippen molar-refractivity contribution in [2.45, 2.75) is 44.2 Å². The topological polar surface area (TPSA) is 105 Å². The fourth-order valence-corrected chi connectivity index (χ4v) is 3.72. The van der Waals surface area contributed by atoms with Gasteiger partial charge < -0.3 is 20.5 Å². The van der Waals surface area contributed by atoms with E-state index in [0.717, 1.165) is 11.1 Å². The van der Waals surface area contributed by atoms with Gasteiger partial charge in [-0.05, 0) is 30.4 Å². The van der Waals surface area contributed by atoms with Gasteiger partial charge in [-0.1, -0.05) is 72.8 Å². The zero-order chi connectivity index (χ0) is 26.2. The number of esters is 1. The van der Waals surface area contributed by atoms with Crippen molar-refractivity contribution in [1.29, 1.82) is 0 Å². The fraction of sp³-hybridized carbons (Fsp3) is 0.345. The lowest BCUT2D eigenvalue weighted by atomic mass is 9.98. The van der Waals surface area contributed by atoms with Gasteiger partial charge in [0.1, 0.15) is 6.10 Å². The number of aliphatic hydroxyl groups is 1. The number of nitrogens with one attached hydrogen (secondary N) is 2. The van der Waals surface area contributed by atoms with Crippen LogP contribution in [0.5, 0.6) is 0 Å². The van der Waals surface area contributed by atoms with E-state index in [1.807, 2.05) is 60.7 Å². The summed E-state index contributed by atoms with van der Waals surface area (Å²) in [6.07, 6.45) is 4.02. The number of benzene rings is 2. The summed E-state index contributed by atoms with van der Waals surface area (Å²) in [5, 5.41) is 15.3. The van der Waals surface area contributed by atoms with Gasteiger partial charge in [-0.3, -0.25) is 14.4 Å². The SMILES string of the molecule is C=CCCC(=O)O[C@@H](CNC(=O)[C@H](CC=C)CC(=O)N[C@H](CO)Cc1ccccc1)c1ccccc1. The Morgan fingerprint density at radius 1 is 0.972 bits per heavy atom. The molecule has 0 aliphatic heterocycles. The highest BCUT2D eigenvalue weighted by atomic mass is 16.5. The number of aliphatic hydroxyl groups excluding tert-OH is 1. The van der Waals surface area contributed by atoms with Crippen molar-refractivity contribution >= 4 is 17.8 Å². The highest BCUT2D eigenvalue weighted by Gasteiger charge is 2.24. The summed E-state index contributed by atoms with van der Waals surface area (Å²) in [6, 6.07) is 18.3. The van der Waals surface area contributed by atoms with Crippen LogP contribution in [0.3, 0.4) is 0 Å². The molecule has 36 heavy (non-hydrogen) atoms. The van der Waals surface area contributed by atoms with Crippen LogP contribution in [0.1, 0.15) is 42.9 Å². The molecule has 2 aromatic rings. The molecule has 0 saturated heterocycles. The maximum Gasteiger partial charge on any atom is 0.306 e. The standard InChI is InChI=1S/C29H36N2O5/c1-3-5-17-28(34)36-26(23-15-10-7-11-16-23)20-30-29(35)24(12-4-2)19-27(33)31-25(21-32)18-22-13-8-6-9-14-22/h3-4,6-11,13-16,24-26,32H,1-2,5,12,17-21H2,(H,30,35)(H,31,33)/t24-,25+,26+/m1/s1. The second-order valence-corrected chi connectivity index (χ2v) is 8.52. The molecule has 0 aliphatic rings. The Labute approximate surface area is 213 Å². The van der Waals surface area contributed by atoms with Crippen molar-refractivity contribution in [2.75, 3.05) is 13.2 Å². The van der Waals surface area contributed by atoms with Crippen LogP contribution < -0.4 is 10.6 Å². The summed E-state index contributed by atoms with van der Waals surface area (Å²) in [4.78, 5) is 37.9. The van der Waals surface area contributed by atoms with E-state index < -0.39 is 18.1 Å². The number of allylic oxidation sites excluding steroid dienone is 2. The molecule has 0 saturated carbocycles. The van der Waals surface area contributed by atoms with Gasteiger partial charge in [-0.25, -0.2) is 0 Å². The number of hydrogen-bond donors (Lipinski definition) is 3. The van der Waals surface area contributed by atoms with Crippen LogP contribution in [0, 0.1) is 5.92 Å². The second kappa shape index (κ2) is 16.1. The molecule has 0 bridgehead atoms. The molecule has 192 valence electrons. The molecule has 2 rings (SSSR count). The third-order valence-corrected chi connectivity index (χ3v) is 5.62. The average molecular weight is 493 g/mol. The van der Waals surface area contributed by atoms with Gasteiger partial charge in [0.2, 0.25) is 11.8 Å². The molecule has 2 aromatic carbocycles. The molecule has 7 heteroatoms. The second-order valence-electron chi connectivity index (χ2n) is 8.52. The van der Waals surface area contributed by atoms with Gasteiger partial charge in [0.15, 0.2) is 0 Å². The first-order chi connectivity index (χ1) is 17.5. The lowest BCUT2D eigenvalue weighted by Crippen LogP contribution is -2.42. The lowest BCUT2D eigenvalue weighted by Gasteiger charge is -2.22. The van der Waals surface area contributed by atoms with Crippen LogP contribution in [-0.2, 0) is 25.5 Å². The number of rotatable bonds is 16. The predicted octanol–water partition coefficient (Wildman–Crippen LogP) is 3.66. The normalized spacial score (nSPS) is 13.0. The van der Waals surface area contributed by atoms with Crippen molar-refractivity contribution in [1.82, 2.24) is 10.6 Å². The van der Waals surface area contributed by atoms with E-state index >= 15 is 0 Å². The Bertz CT molecular complexity index is 978. The number of ether oxygens (including phenoxy) is 1. The first kappa shape index (κ1) is 28.5. The quantitative estimate of drug-likeness (QED) is 0.245. The van der Waals surface area contributed by atoms with E-state index in [1.54, 1.807) is 12.2 Å². The Balaban J connectivity index is 1.97. The Morgan fingerprint density at radius 3 is 2.25 bits per heavy atom. The average Bonchev–Trinajstić information content (AvgIpc) is 2.90. The molecule has 3 atom stereocenters. The van der Waals surface area contributed by atoms with Crippen LogP contribution in [0.25, 0.3) is 0 Å². The number of hydrogen-bond acceptors (Lipinski definition) is 5. The van der Waals surface area contributed by atoms with Gasteiger partial charge in [0.05, 0.1) is 25.1 Å². The van der Waals surface area contributed by atoms with Gasteiger partial charge in [0.25, 0.3) is 0 Å². The molecule has 0 aromatic heterocycles. The molecule has 0 spiro atoms.